The van der Waals surface area contributed by atoms with Crippen molar-refractivity contribution < 1.29 is 16.8 Å². The van der Waals surface area contributed by atoms with E-state index in [1.165, 1.54) is 16.4 Å². The summed E-state index contributed by atoms with van der Waals surface area (Å²) in [6.45, 7) is 4.75. The van der Waals surface area contributed by atoms with E-state index in [-0.39, 0.29) is 15.5 Å². The minimum Gasteiger partial charge on any atom is -0.279 e. The fourth-order valence-corrected chi connectivity index (χ4v) is 5.90. The van der Waals surface area contributed by atoms with Gasteiger partial charge in [-0.25, -0.2) is 16.8 Å². The number of hydrogen-bond acceptors (Lipinski definition) is 4. The molecular weight excluding hydrogens is 396 g/mol. The maximum Gasteiger partial charge on any atom is 0.261 e. The van der Waals surface area contributed by atoms with Gasteiger partial charge in [-0.15, -0.1) is 0 Å². The molecule has 0 aliphatic carbocycles. The van der Waals surface area contributed by atoms with Gasteiger partial charge in [0, 0.05) is 13.1 Å². The zero-order valence-corrected chi connectivity index (χ0v) is 17.8. The first kappa shape index (κ1) is 20.8. The van der Waals surface area contributed by atoms with E-state index in [0.29, 0.717) is 18.7 Å². The molecule has 0 spiro atoms. The fourth-order valence-electron chi connectivity index (χ4n) is 3.23. The van der Waals surface area contributed by atoms with Gasteiger partial charge in [0.15, 0.2) is 0 Å². The van der Waals surface area contributed by atoms with Crippen molar-refractivity contribution in [2.45, 2.75) is 49.3 Å². The largest absolute Gasteiger partial charge is 0.279 e. The summed E-state index contributed by atoms with van der Waals surface area (Å²) in [5.74, 6) is 0. The molecule has 0 aromatic heterocycles. The van der Waals surface area contributed by atoms with Gasteiger partial charge < -0.3 is 0 Å². The molecule has 1 saturated heterocycles. The van der Waals surface area contributed by atoms with Gasteiger partial charge >= 0.3 is 0 Å². The van der Waals surface area contributed by atoms with Gasteiger partial charge in [-0.1, -0.05) is 31.5 Å². The molecule has 1 heterocycles. The SMILES string of the molecule is CCc1ccc(S(=O)(=O)Nc2cc(S(=O)(=O)N3CCCCC3)ccc2C)cc1. The average Bonchev–Trinajstić information content (AvgIpc) is 2.70. The Morgan fingerprint density at radius 2 is 1.50 bits per heavy atom. The van der Waals surface area contributed by atoms with E-state index in [4.69, 9.17) is 0 Å². The van der Waals surface area contributed by atoms with Crippen LogP contribution in [0.15, 0.2) is 52.3 Å². The van der Waals surface area contributed by atoms with Gasteiger partial charge in [0.25, 0.3) is 10.0 Å². The first-order valence-corrected chi connectivity index (χ1v) is 12.4. The average molecular weight is 423 g/mol. The highest BCUT2D eigenvalue weighted by Gasteiger charge is 2.27. The third kappa shape index (κ3) is 4.39. The van der Waals surface area contributed by atoms with Crippen LogP contribution in [0.25, 0.3) is 0 Å². The lowest BCUT2D eigenvalue weighted by atomic mass is 10.2. The van der Waals surface area contributed by atoms with Crippen molar-refractivity contribution in [3.8, 4) is 0 Å². The maximum absolute atomic E-state index is 12.9. The van der Waals surface area contributed by atoms with E-state index in [1.54, 1.807) is 37.3 Å². The number of hydrogen-bond donors (Lipinski definition) is 1. The molecule has 0 amide bonds. The highest BCUT2D eigenvalue weighted by molar-refractivity contribution is 7.92. The molecule has 1 aliphatic heterocycles. The van der Waals surface area contributed by atoms with E-state index >= 15 is 0 Å². The second-order valence-corrected chi connectivity index (χ2v) is 10.7. The Labute approximate surface area is 167 Å². The highest BCUT2D eigenvalue weighted by Crippen LogP contribution is 2.27. The van der Waals surface area contributed by atoms with Crippen LogP contribution in [0, 0.1) is 6.92 Å². The van der Waals surface area contributed by atoms with Crippen molar-refractivity contribution in [1.29, 1.82) is 0 Å². The van der Waals surface area contributed by atoms with Crippen LogP contribution in [0.3, 0.4) is 0 Å². The van der Waals surface area contributed by atoms with Crippen molar-refractivity contribution in [3.63, 3.8) is 0 Å². The molecule has 3 rings (SSSR count). The summed E-state index contributed by atoms with van der Waals surface area (Å²) in [5.41, 5.74) is 1.98. The summed E-state index contributed by atoms with van der Waals surface area (Å²) in [5, 5.41) is 0. The normalized spacial score (nSPS) is 16.1. The van der Waals surface area contributed by atoms with Gasteiger partial charge in [-0.2, -0.15) is 4.31 Å². The summed E-state index contributed by atoms with van der Waals surface area (Å²) in [6, 6.07) is 11.3. The van der Waals surface area contributed by atoms with Crippen molar-refractivity contribution in [2.24, 2.45) is 0 Å². The Morgan fingerprint density at radius 3 is 2.11 bits per heavy atom. The van der Waals surface area contributed by atoms with E-state index in [9.17, 15) is 16.8 Å². The number of nitrogens with one attached hydrogen (secondary N) is 1. The van der Waals surface area contributed by atoms with Gasteiger partial charge in [0.1, 0.15) is 0 Å². The predicted octanol–water partition coefficient (Wildman–Crippen LogP) is 3.53. The van der Waals surface area contributed by atoms with E-state index in [1.807, 2.05) is 6.92 Å². The van der Waals surface area contributed by atoms with Gasteiger partial charge in [0.2, 0.25) is 10.0 Å². The second kappa shape index (κ2) is 8.23. The van der Waals surface area contributed by atoms with Crippen LogP contribution in [0.1, 0.15) is 37.3 Å². The molecule has 0 atom stereocenters. The summed E-state index contributed by atoms with van der Waals surface area (Å²) in [4.78, 5) is 0.257. The minimum atomic E-state index is -3.81. The summed E-state index contributed by atoms with van der Waals surface area (Å²) in [6.07, 6.45) is 3.54. The maximum atomic E-state index is 12.9. The Morgan fingerprint density at radius 1 is 0.893 bits per heavy atom. The van der Waals surface area contributed by atoms with Crippen LogP contribution in [0.2, 0.25) is 0 Å². The molecule has 1 fully saturated rings. The number of nitrogens with zero attached hydrogens (tertiary/aromatic N) is 1. The topological polar surface area (TPSA) is 83.5 Å². The molecule has 0 unspecified atom stereocenters. The first-order chi connectivity index (χ1) is 13.2. The van der Waals surface area contributed by atoms with Crippen molar-refractivity contribution in [1.82, 2.24) is 4.31 Å². The molecule has 0 saturated carbocycles. The number of aryl methyl sites for hydroxylation is 2. The standard InChI is InChI=1S/C20H26N2O4S2/c1-3-17-8-11-18(12-9-17)27(23,24)21-20-15-19(10-7-16(20)2)28(25,26)22-13-5-4-6-14-22/h7-12,15,21H,3-6,13-14H2,1-2H3. The highest BCUT2D eigenvalue weighted by atomic mass is 32.2. The first-order valence-electron chi connectivity index (χ1n) is 9.46. The number of anilines is 1. The van der Waals surface area contributed by atoms with E-state index in [2.05, 4.69) is 4.72 Å². The third-order valence-corrected chi connectivity index (χ3v) is 8.32. The lowest BCUT2D eigenvalue weighted by Crippen LogP contribution is -2.35. The quantitative estimate of drug-likeness (QED) is 0.772. The molecule has 2 aromatic rings. The van der Waals surface area contributed by atoms with E-state index in [0.717, 1.165) is 31.2 Å². The molecule has 8 heteroatoms. The fraction of sp³-hybridized carbons (Fsp3) is 0.400. The number of sulfonamides is 2. The van der Waals surface area contributed by atoms with Crippen LogP contribution >= 0.6 is 0 Å². The Kier molecular flexibility index (Phi) is 6.12. The van der Waals surface area contributed by atoms with Crippen LogP contribution in [0.5, 0.6) is 0 Å². The zero-order valence-electron chi connectivity index (χ0n) is 16.2. The molecule has 1 N–H and O–H groups in total. The van der Waals surface area contributed by atoms with Crippen LogP contribution in [-0.4, -0.2) is 34.2 Å². The van der Waals surface area contributed by atoms with Crippen molar-refractivity contribution in [2.75, 3.05) is 17.8 Å². The number of piperidine rings is 1. The Balaban J connectivity index is 1.90. The van der Waals surface area contributed by atoms with Crippen molar-refractivity contribution in [3.05, 3.63) is 53.6 Å². The van der Waals surface area contributed by atoms with Gasteiger partial charge in [0.05, 0.1) is 15.5 Å². The smallest absolute Gasteiger partial charge is 0.261 e. The van der Waals surface area contributed by atoms with E-state index < -0.39 is 20.0 Å². The molecule has 2 aromatic carbocycles. The second-order valence-electron chi connectivity index (χ2n) is 7.04. The molecule has 0 radical (unpaired) electrons. The predicted molar refractivity (Wildman–Crippen MR) is 110 cm³/mol. The molecule has 152 valence electrons. The lowest BCUT2D eigenvalue weighted by molar-refractivity contribution is 0.346. The molecule has 6 nitrogen and oxygen atoms in total. The third-order valence-electron chi connectivity index (χ3n) is 5.05. The molecule has 28 heavy (non-hydrogen) atoms. The summed E-state index contributed by atoms with van der Waals surface area (Å²) in [7, 11) is -7.44. The minimum absolute atomic E-state index is 0.110. The van der Waals surface area contributed by atoms with Crippen LogP contribution in [-0.2, 0) is 26.5 Å². The number of benzene rings is 2. The van der Waals surface area contributed by atoms with Gasteiger partial charge in [-0.3, -0.25) is 4.72 Å². The lowest BCUT2D eigenvalue weighted by Gasteiger charge is -2.26. The monoisotopic (exact) mass is 422 g/mol. The molecule has 0 bridgehead atoms. The Bertz CT molecular complexity index is 1040. The zero-order chi connectivity index (χ0) is 20.4. The summed E-state index contributed by atoms with van der Waals surface area (Å²) < 4.78 is 55.3. The number of rotatable bonds is 6. The summed E-state index contributed by atoms with van der Waals surface area (Å²) >= 11 is 0. The van der Waals surface area contributed by atoms with Crippen LogP contribution < -0.4 is 4.72 Å². The van der Waals surface area contributed by atoms with Gasteiger partial charge in [-0.05, 0) is 61.6 Å². The molecule has 1 aliphatic rings. The molecular formula is C20H26N2O4S2. The van der Waals surface area contributed by atoms with Crippen molar-refractivity contribution >= 4 is 25.7 Å². The van der Waals surface area contributed by atoms with Crippen LogP contribution in [0.4, 0.5) is 5.69 Å². The Hall–Kier alpha value is -1.90.